The van der Waals surface area contributed by atoms with Gasteiger partial charge in [-0.25, -0.2) is 0 Å². The summed E-state index contributed by atoms with van der Waals surface area (Å²) >= 11 is 0. The molecule has 3 saturated heterocycles. The molecular formula is C17H30O14. The molecule has 0 spiro atoms. The molecule has 0 unspecified atom stereocenters. The summed E-state index contributed by atoms with van der Waals surface area (Å²) in [6.07, 6.45) is -21.4. The molecule has 14 atom stereocenters. The van der Waals surface area contributed by atoms with Crippen molar-refractivity contribution in [3.63, 3.8) is 0 Å². The smallest absolute Gasteiger partial charge is 0.187 e. The summed E-state index contributed by atoms with van der Waals surface area (Å²) in [5.74, 6) is 0. The molecule has 0 aromatic rings. The van der Waals surface area contributed by atoms with Crippen LogP contribution in [0, 0.1) is 0 Å². The fourth-order valence-corrected chi connectivity index (χ4v) is 3.69. The predicted molar refractivity (Wildman–Crippen MR) is 93.8 cm³/mol. The van der Waals surface area contributed by atoms with Crippen LogP contribution >= 0.6 is 0 Å². The minimum atomic E-state index is -1.78. The third-order valence-corrected chi connectivity index (χ3v) is 5.66. The monoisotopic (exact) mass is 458 g/mol. The summed E-state index contributed by atoms with van der Waals surface area (Å²) in [4.78, 5) is 0. The van der Waals surface area contributed by atoms with E-state index in [0.29, 0.717) is 0 Å². The maximum Gasteiger partial charge on any atom is 0.187 e. The lowest BCUT2D eigenvalue weighted by Crippen LogP contribution is -2.65. The molecule has 3 aliphatic rings. The molecule has 0 saturated carbocycles. The summed E-state index contributed by atoms with van der Waals surface area (Å²) in [5, 5.41) is 89.9. The van der Waals surface area contributed by atoms with Crippen molar-refractivity contribution in [3.8, 4) is 0 Å². The van der Waals surface area contributed by atoms with E-state index >= 15 is 0 Å². The molecule has 9 N–H and O–H groups in total. The van der Waals surface area contributed by atoms with Crippen molar-refractivity contribution in [2.45, 2.75) is 92.9 Å². The molecule has 14 heteroatoms. The number of hydrogen-bond donors (Lipinski definition) is 9. The van der Waals surface area contributed by atoms with Crippen molar-refractivity contribution in [1.82, 2.24) is 0 Å². The molecule has 0 aromatic heterocycles. The van der Waals surface area contributed by atoms with E-state index in [0.717, 1.165) is 0 Å². The first-order chi connectivity index (χ1) is 14.6. The van der Waals surface area contributed by atoms with E-state index in [2.05, 4.69) is 0 Å². The Morgan fingerprint density at radius 2 is 1.32 bits per heavy atom. The Morgan fingerprint density at radius 3 is 1.97 bits per heavy atom. The lowest BCUT2D eigenvalue weighted by molar-refractivity contribution is -0.375. The van der Waals surface area contributed by atoms with Crippen LogP contribution in [0.2, 0.25) is 0 Å². The minimum absolute atomic E-state index is 0.339. The lowest BCUT2D eigenvalue weighted by atomic mass is 9.97. The highest BCUT2D eigenvalue weighted by atomic mass is 16.7. The maximum absolute atomic E-state index is 10.6. The second kappa shape index (κ2) is 10.1. The van der Waals surface area contributed by atoms with E-state index in [1.165, 1.54) is 6.92 Å². The fraction of sp³-hybridized carbons (Fsp3) is 1.00. The Morgan fingerprint density at radius 1 is 0.710 bits per heavy atom. The van der Waals surface area contributed by atoms with E-state index in [-0.39, 0.29) is 6.61 Å². The average molecular weight is 458 g/mol. The second-order valence-corrected chi connectivity index (χ2v) is 7.87. The number of hydrogen-bond acceptors (Lipinski definition) is 14. The zero-order valence-corrected chi connectivity index (χ0v) is 16.6. The lowest BCUT2D eigenvalue weighted by Gasteiger charge is -2.47. The van der Waals surface area contributed by atoms with Crippen molar-refractivity contribution in [1.29, 1.82) is 0 Å². The first-order valence-electron chi connectivity index (χ1n) is 9.85. The highest BCUT2D eigenvalue weighted by Gasteiger charge is 2.51. The molecule has 182 valence electrons. The highest BCUT2D eigenvalue weighted by Crippen LogP contribution is 2.31. The van der Waals surface area contributed by atoms with Crippen LogP contribution in [0.3, 0.4) is 0 Å². The van der Waals surface area contributed by atoms with Crippen molar-refractivity contribution < 1.29 is 69.6 Å². The van der Waals surface area contributed by atoms with Gasteiger partial charge in [-0.05, 0) is 6.92 Å². The zero-order chi connectivity index (χ0) is 23.0. The van der Waals surface area contributed by atoms with Gasteiger partial charge in [0.2, 0.25) is 0 Å². The summed E-state index contributed by atoms with van der Waals surface area (Å²) < 4.78 is 26.4. The van der Waals surface area contributed by atoms with Crippen molar-refractivity contribution in [3.05, 3.63) is 0 Å². The molecule has 3 heterocycles. The average Bonchev–Trinajstić information content (AvgIpc) is 2.74. The van der Waals surface area contributed by atoms with Crippen LogP contribution in [0.4, 0.5) is 0 Å². The van der Waals surface area contributed by atoms with Crippen LogP contribution in [0.5, 0.6) is 0 Å². The van der Waals surface area contributed by atoms with Crippen LogP contribution in [-0.2, 0) is 23.7 Å². The molecular weight excluding hydrogens is 428 g/mol. The molecule has 3 aliphatic heterocycles. The topological polar surface area (TPSA) is 228 Å². The molecule has 0 bridgehead atoms. The summed E-state index contributed by atoms with van der Waals surface area (Å²) in [7, 11) is 0. The van der Waals surface area contributed by atoms with Gasteiger partial charge in [-0.1, -0.05) is 0 Å². The highest BCUT2D eigenvalue weighted by molar-refractivity contribution is 4.94. The molecule has 0 radical (unpaired) electrons. The molecule has 31 heavy (non-hydrogen) atoms. The van der Waals surface area contributed by atoms with Crippen LogP contribution in [0.15, 0.2) is 0 Å². The van der Waals surface area contributed by atoms with Gasteiger partial charge in [0.1, 0.15) is 61.0 Å². The van der Waals surface area contributed by atoms with Gasteiger partial charge in [-0.2, -0.15) is 0 Å². The third-order valence-electron chi connectivity index (χ3n) is 5.66. The van der Waals surface area contributed by atoms with E-state index in [4.69, 9.17) is 23.7 Å². The number of aliphatic hydroxyl groups is 9. The Bertz CT molecular complexity index is 579. The minimum Gasteiger partial charge on any atom is -0.394 e. The normalized spacial score (nSPS) is 54.0. The standard InChI is InChI=1S/C17H30O14/c1-4-7(20)13(30-16-11(24)10(23)9(22)6(2-18)29-16)12(25)17(28-4)31-14-8(21)5(19)3-27-15(14)26/h4-26H,2-3H2,1H3/t4-,5-,6+,7+,8-,9+,10-,11+,12-,13+,14+,15+,16-,17-/m0/s1. The fourth-order valence-electron chi connectivity index (χ4n) is 3.69. The molecule has 3 rings (SSSR count). The van der Waals surface area contributed by atoms with Crippen LogP contribution in [-0.4, -0.2) is 145 Å². The summed E-state index contributed by atoms with van der Waals surface area (Å²) in [5.41, 5.74) is 0. The predicted octanol–water partition coefficient (Wildman–Crippen LogP) is -5.91. The largest absolute Gasteiger partial charge is 0.394 e. The molecule has 0 aliphatic carbocycles. The first-order valence-corrected chi connectivity index (χ1v) is 9.85. The maximum atomic E-state index is 10.6. The van der Waals surface area contributed by atoms with Gasteiger partial charge in [0, 0.05) is 0 Å². The van der Waals surface area contributed by atoms with Crippen molar-refractivity contribution >= 4 is 0 Å². The molecule has 3 fully saturated rings. The van der Waals surface area contributed by atoms with Crippen LogP contribution in [0.25, 0.3) is 0 Å². The van der Waals surface area contributed by atoms with Gasteiger partial charge >= 0.3 is 0 Å². The Labute approximate surface area is 176 Å². The zero-order valence-electron chi connectivity index (χ0n) is 16.6. The SMILES string of the molecule is C[C@@H]1O[C@@H](O[C@@H]2[C@@H](O)[C@@H](O)CO[C@H]2O)[C@@H](O)[C@H](O[C@@H]2O[C@H](CO)[C@@H](O)[C@H](O)[C@H]2O)[C@@H]1O. The quantitative estimate of drug-likeness (QED) is 0.187. The van der Waals surface area contributed by atoms with Gasteiger partial charge in [-0.15, -0.1) is 0 Å². The second-order valence-electron chi connectivity index (χ2n) is 7.87. The summed E-state index contributed by atoms with van der Waals surface area (Å²) in [6.45, 7) is 0.371. The molecule has 0 amide bonds. The summed E-state index contributed by atoms with van der Waals surface area (Å²) in [6, 6.07) is 0. The van der Waals surface area contributed by atoms with Gasteiger partial charge in [-0.3, -0.25) is 0 Å². The third kappa shape index (κ3) is 5.02. The Balaban J connectivity index is 1.72. The van der Waals surface area contributed by atoms with Gasteiger partial charge in [0.25, 0.3) is 0 Å². The van der Waals surface area contributed by atoms with Gasteiger partial charge in [0.15, 0.2) is 18.9 Å². The number of ether oxygens (including phenoxy) is 5. The Hall–Kier alpha value is -0.560. The Kier molecular flexibility index (Phi) is 8.21. The number of rotatable bonds is 5. The van der Waals surface area contributed by atoms with Gasteiger partial charge < -0.3 is 69.6 Å². The molecule has 14 nitrogen and oxygen atoms in total. The van der Waals surface area contributed by atoms with E-state index < -0.39 is 92.6 Å². The van der Waals surface area contributed by atoms with Gasteiger partial charge in [0.05, 0.1) is 19.3 Å². The first kappa shape index (κ1) is 25.1. The van der Waals surface area contributed by atoms with Crippen molar-refractivity contribution in [2.24, 2.45) is 0 Å². The van der Waals surface area contributed by atoms with Crippen LogP contribution < -0.4 is 0 Å². The van der Waals surface area contributed by atoms with Crippen LogP contribution in [0.1, 0.15) is 6.92 Å². The van der Waals surface area contributed by atoms with E-state index in [9.17, 15) is 46.0 Å². The number of aliphatic hydroxyl groups excluding tert-OH is 9. The van der Waals surface area contributed by atoms with E-state index in [1.54, 1.807) is 0 Å². The molecule has 0 aromatic carbocycles. The van der Waals surface area contributed by atoms with E-state index in [1.807, 2.05) is 0 Å². The van der Waals surface area contributed by atoms with Crippen molar-refractivity contribution in [2.75, 3.05) is 13.2 Å².